The number of aryl methyl sites for hydroxylation is 1. The van der Waals surface area contributed by atoms with E-state index in [2.05, 4.69) is 17.2 Å². The highest BCUT2D eigenvalue weighted by Crippen LogP contribution is 2.15. The van der Waals surface area contributed by atoms with E-state index in [0.29, 0.717) is 31.0 Å². The average molecular weight is 292 g/mol. The maximum atomic E-state index is 11.6. The predicted molar refractivity (Wildman–Crippen MR) is 80.8 cm³/mol. The number of carbonyl (C=O) groups is 2. The number of amides is 2. The molecule has 0 aliphatic carbocycles. The second-order valence-electron chi connectivity index (χ2n) is 4.41. The monoisotopic (exact) mass is 292 g/mol. The van der Waals surface area contributed by atoms with Crippen LogP contribution in [0.25, 0.3) is 0 Å². The van der Waals surface area contributed by atoms with Crippen molar-refractivity contribution in [1.82, 2.24) is 5.32 Å². The molecule has 0 heterocycles. The minimum absolute atomic E-state index is 0.167. The summed E-state index contributed by atoms with van der Waals surface area (Å²) in [5, 5.41) is 14.2. The molecule has 2 amide bonds. The Bertz CT molecular complexity index is 514. The van der Waals surface area contributed by atoms with Crippen molar-refractivity contribution in [3.05, 3.63) is 42.0 Å². The van der Waals surface area contributed by atoms with Gasteiger partial charge in [-0.05, 0) is 31.0 Å². The lowest BCUT2D eigenvalue weighted by Crippen LogP contribution is -2.31. The molecule has 0 unspecified atom stereocenters. The minimum atomic E-state index is -1.02. The molecule has 0 radical (unpaired) electrons. The van der Waals surface area contributed by atoms with Crippen molar-refractivity contribution in [3.63, 3.8) is 0 Å². The zero-order valence-electron chi connectivity index (χ0n) is 12.0. The molecule has 0 bridgehead atoms. The van der Waals surface area contributed by atoms with Crippen LogP contribution >= 0.6 is 0 Å². The van der Waals surface area contributed by atoms with Crippen molar-refractivity contribution < 1.29 is 19.4 Å². The number of aromatic carboxylic acids is 1. The van der Waals surface area contributed by atoms with E-state index < -0.39 is 12.0 Å². The predicted octanol–water partition coefficient (Wildman–Crippen LogP) is 2.41. The fourth-order valence-corrected chi connectivity index (χ4v) is 1.61. The van der Waals surface area contributed by atoms with Crippen molar-refractivity contribution in [1.29, 1.82) is 0 Å². The third kappa shape index (κ3) is 6.09. The summed E-state index contributed by atoms with van der Waals surface area (Å²) in [5.41, 5.74) is 1.24. The molecule has 6 nitrogen and oxygen atoms in total. The maximum absolute atomic E-state index is 11.6. The van der Waals surface area contributed by atoms with Gasteiger partial charge in [-0.25, -0.2) is 9.59 Å². The van der Waals surface area contributed by atoms with E-state index in [0.717, 1.165) is 6.42 Å². The number of benzene rings is 1. The van der Waals surface area contributed by atoms with Crippen molar-refractivity contribution in [2.75, 3.05) is 25.1 Å². The number of nitrogens with one attached hydrogen (secondary N) is 2. The van der Waals surface area contributed by atoms with Gasteiger partial charge in [-0.3, -0.25) is 0 Å². The van der Waals surface area contributed by atoms with Crippen LogP contribution in [0.15, 0.2) is 30.9 Å². The quantitative estimate of drug-likeness (QED) is 0.507. The lowest BCUT2D eigenvalue weighted by molar-refractivity contribution is 0.0696. The fraction of sp³-hybridized carbons (Fsp3) is 0.333. The van der Waals surface area contributed by atoms with Crippen LogP contribution in [0.3, 0.4) is 0 Å². The van der Waals surface area contributed by atoms with Gasteiger partial charge < -0.3 is 20.5 Å². The zero-order chi connectivity index (χ0) is 15.7. The summed E-state index contributed by atoms with van der Waals surface area (Å²) in [6, 6.07) is 4.33. The molecule has 1 rings (SSSR count). The molecule has 0 saturated carbocycles. The number of carboxylic acids is 1. The maximum Gasteiger partial charge on any atom is 0.336 e. The van der Waals surface area contributed by atoms with Crippen molar-refractivity contribution in [3.8, 4) is 0 Å². The Morgan fingerprint density at radius 2 is 2.14 bits per heavy atom. The first kappa shape index (κ1) is 16.7. The molecule has 1 aromatic rings. The molecule has 0 aliphatic heterocycles. The molecule has 0 aromatic heterocycles. The molecule has 0 fully saturated rings. The van der Waals surface area contributed by atoms with Gasteiger partial charge >= 0.3 is 12.0 Å². The Hall–Kier alpha value is -2.34. The Kier molecular flexibility index (Phi) is 6.97. The van der Waals surface area contributed by atoms with E-state index in [1.807, 2.05) is 0 Å². The number of rotatable bonds is 8. The Balaban J connectivity index is 2.39. The molecule has 3 N–H and O–H groups in total. The van der Waals surface area contributed by atoms with E-state index >= 15 is 0 Å². The third-order valence-corrected chi connectivity index (χ3v) is 2.72. The number of urea groups is 1. The molecular weight excluding hydrogens is 272 g/mol. The lowest BCUT2D eigenvalue weighted by atomic mass is 10.1. The highest BCUT2D eigenvalue weighted by atomic mass is 16.5. The first-order valence-corrected chi connectivity index (χ1v) is 6.62. The normalized spacial score (nSPS) is 9.95. The summed E-state index contributed by atoms with van der Waals surface area (Å²) in [6.45, 7) is 6.64. The van der Waals surface area contributed by atoms with Crippen LogP contribution in [0.2, 0.25) is 0 Å². The van der Waals surface area contributed by atoms with E-state index in [4.69, 9.17) is 9.84 Å². The highest BCUT2D eigenvalue weighted by Gasteiger charge is 2.09. The molecule has 0 spiro atoms. The van der Waals surface area contributed by atoms with Crippen LogP contribution in [0.4, 0.5) is 10.5 Å². The lowest BCUT2D eigenvalue weighted by Gasteiger charge is -2.09. The fourth-order valence-electron chi connectivity index (χ4n) is 1.61. The van der Waals surface area contributed by atoms with Crippen molar-refractivity contribution in [2.24, 2.45) is 0 Å². The van der Waals surface area contributed by atoms with E-state index in [-0.39, 0.29) is 5.56 Å². The molecule has 1 aromatic carbocycles. The summed E-state index contributed by atoms with van der Waals surface area (Å²) in [5.74, 6) is -1.02. The number of anilines is 1. The standard InChI is InChI=1S/C15H20N2O4/c1-3-4-8-21-9-7-16-15(20)17-12-6-5-11(2)13(10-12)14(18)19/h3,5-6,10H,1,4,7-9H2,2H3,(H,18,19)(H2,16,17,20). The topological polar surface area (TPSA) is 87.7 Å². The molecule has 6 heteroatoms. The first-order valence-electron chi connectivity index (χ1n) is 6.62. The summed E-state index contributed by atoms with van der Waals surface area (Å²) in [7, 11) is 0. The number of hydrogen-bond acceptors (Lipinski definition) is 3. The summed E-state index contributed by atoms with van der Waals surface area (Å²) in [4.78, 5) is 22.6. The zero-order valence-corrected chi connectivity index (χ0v) is 12.0. The van der Waals surface area contributed by atoms with Crippen LogP contribution < -0.4 is 10.6 Å². The van der Waals surface area contributed by atoms with Crippen LogP contribution in [0, 0.1) is 6.92 Å². The highest BCUT2D eigenvalue weighted by molar-refractivity contribution is 5.94. The van der Waals surface area contributed by atoms with Crippen LogP contribution in [0.1, 0.15) is 22.3 Å². The van der Waals surface area contributed by atoms with Gasteiger partial charge in [0.15, 0.2) is 0 Å². The second kappa shape index (κ2) is 8.76. The summed E-state index contributed by atoms with van der Waals surface area (Å²) < 4.78 is 5.25. The summed E-state index contributed by atoms with van der Waals surface area (Å²) >= 11 is 0. The van der Waals surface area contributed by atoms with E-state index in [1.54, 1.807) is 25.1 Å². The minimum Gasteiger partial charge on any atom is -0.478 e. The molecule has 0 aliphatic rings. The van der Waals surface area contributed by atoms with E-state index in [1.165, 1.54) is 6.07 Å². The van der Waals surface area contributed by atoms with Gasteiger partial charge in [-0.2, -0.15) is 0 Å². The Morgan fingerprint density at radius 1 is 1.38 bits per heavy atom. The van der Waals surface area contributed by atoms with Gasteiger partial charge in [0.25, 0.3) is 0 Å². The van der Waals surface area contributed by atoms with Crippen molar-refractivity contribution >= 4 is 17.7 Å². The third-order valence-electron chi connectivity index (χ3n) is 2.72. The SMILES string of the molecule is C=CCCOCCNC(=O)Nc1ccc(C)c(C(=O)O)c1. The van der Waals surface area contributed by atoms with E-state index in [9.17, 15) is 9.59 Å². The number of hydrogen-bond donors (Lipinski definition) is 3. The van der Waals surface area contributed by atoms with Gasteiger partial charge in [0, 0.05) is 12.2 Å². The van der Waals surface area contributed by atoms with Gasteiger partial charge in [-0.1, -0.05) is 12.1 Å². The van der Waals surface area contributed by atoms with Crippen molar-refractivity contribution in [2.45, 2.75) is 13.3 Å². The summed E-state index contributed by atoms with van der Waals surface area (Å²) in [6.07, 6.45) is 2.53. The van der Waals surface area contributed by atoms with Crippen LogP contribution in [-0.2, 0) is 4.74 Å². The molecular formula is C15H20N2O4. The second-order valence-corrected chi connectivity index (χ2v) is 4.41. The van der Waals surface area contributed by atoms with Gasteiger partial charge in [0.1, 0.15) is 0 Å². The number of carboxylic acid groups (broad SMARTS) is 1. The van der Waals surface area contributed by atoms with Crippen LogP contribution in [0.5, 0.6) is 0 Å². The molecule has 0 atom stereocenters. The van der Waals surface area contributed by atoms with Gasteiger partial charge in [0.05, 0.1) is 18.8 Å². The molecule has 21 heavy (non-hydrogen) atoms. The largest absolute Gasteiger partial charge is 0.478 e. The number of carbonyl (C=O) groups excluding carboxylic acids is 1. The van der Waals surface area contributed by atoms with Gasteiger partial charge in [0.2, 0.25) is 0 Å². The Morgan fingerprint density at radius 3 is 2.81 bits per heavy atom. The molecule has 0 saturated heterocycles. The smallest absolute Gasteiger partial charge is 0.336 e. The van der Waals surface area contributed by atoms with Crippen LogP contribution in [-0.4, -0.2) is 36.9 Å². The molecule has 114 valence electrons. The number of ether oxygens (including phenoxy) is 1. The average Bonchev–Trinajstić information content (AvgIpc) is 2.44. The van der Waals surface area contributed by atoms with Gasteiger partial charge in [-0.15, -0.1) is 6.58 Å². The first-order chi connectivity index (χ1) is 10.0. The Labute approximate surface area is 123 Å².